The molecule has 7 rings (SSSR count). The fourth-order valence-corrected chi connectivity index (χ4v) is 6.55. The summed E-state index contributed by atoms with van der Waals surface area (Å²) in [6, 6.07) is 3.99. The summed E-state index contributed by atoms with van der Waals surface area (Å²) in [4.78, 5) is 15.1. The van der Waals surface area contributed by atoms with Crippen LogP contribution >= 0.6 is 0 Å². The Labute approximate surface area is 162 Å². The number of hydrogen-bond donors (Lipinski definition) is 1. The van der Waals surface area contributed by atoms with Gasteiger partial charge in [0.15, 0.2) is 6.33 Å². The van der Waals surface area contributed by atoms with Gasteiger partial charge in [0.1, 0.15) is 0 Å². The number of nitrogens with one attached hydrogen (secondary N) is 1. The summed E-state index contributed by atoms with van der Waals surface area (Å²) in [5, 5.41) is 20.4. The van der Waals surface area contributed by atoms with Gasteiger partial charge in [-0.3, -0.25) is 4.79 Å². The molecule has 4 aliphatic rings. The van der Waals surface area contributed by atoms with Crippen molar-refractivity contribution in [2.45, 2.75) is 56.5 Å². The predicted molar refractivity (Wildman–Crippen MR) is 101 cm³/mol. The van der Waals surface area contributed by atoms with Crippen molar-refractivity contribution in [3.8, 4) is 0 Å². The Morgan fingerprint density at radius 3 is 2.75 bits per heavy atom. The summed E-state index contributed by atoms with van der Waals surface area (Å²) in [6.45, 7) is 2.02. The molecule has 1 amide bonds. The maximum atomic E-state index is 13.3. The van der Waals surface area contributed by atoms with Crippen LogP contribution in [-0.4, -0.2) is 41.3 Å². The van der Waals surface area contributed by atoms with Crippen molar-refractivity contribution in [1.29, 1.82) is 0 Å². The summed E-state index contributed by atoms with van der Waals surface area (Å²) in [5.74, 6) is 1.20. The van der Waals surface area contributed by atoms with Crippen LogP contribution in [-0.2, 0) is 5.54 Å². The second-order valence-electron chi connectivity index (χ2n) is 9.24. The molecule has 0 aromatic carbocycles. The molecule has 4 bridgehead atoms. The van der Waals surface area contributed by atoms with Gasteiger partial charge in [-0.2, -0.15) is 9.90 Å². The third kappa shape index (κ3) is 2.26. The molecule has 0 saturated heterocycles. The van der Waals surface area contributed by atoms with Gasteiger partial charge in [-0.05, 0) is 74.1 Å². The molecule has 4 aliphatic carbocycles. The zero-order valence-electron chi connectivity index (χ0n) is 15.9. The maximum Gasteiger partial charge on any atom is 0.255 e. The highest BCUT2D eigenvalue weighted by molar-refractivity contribution is 6.01. The Morgan fingerprint density at radius 1 is 1.18 bits per heavy atom. The molecule has 1 N–H and O–H groups in total. The molecular weight excluding hydrogens is 354 g/mol. The van der Waals surface area contributed by atoms with Crippen LogP contribution < -0.4 is 5.32 Å². The van der Waals surface area contributed by atoms with Gasteiger partial charge in [0, 0.05) is 11.7 Å². The number of carbonyl (C=O) groups excluding carboxylic acids is 1. The second kappa shape index (κ2) is 5.40. The third-order valence-electron chi connectivity index (χ3n) is 7.09. The topological polar surface area (TPSA) is 90.0 Å². The van der Waals surface area contributed by atoms with Crippen molar-refractivity contribution in [2.75, 3.05) is 0 Å². The van der Waals surface area contributed by atoms with Gasteiger partial charge in [0.25, 0.3) is 5.91 Å². The van der Waals surface area contributed by atoms with E-state index in [0.29, 0.717) is 17.4 Å². The van der Waals surface area contributed by atoms with Crippen molar-refractivity contribution in [1.82, 2.24) is 35.1 Å². The molecule has 28 heavy (non-hydrogen) atoms. The third-order valence-corrected chi connectivity index (χ3v) is 7.09. The predicted octanol–water partition coefficient (Wildman–Crippen LogP) is 2.11. The lowest BCUT2D eigenvalue weighted by Gasteiger charge is -2.61. The molecular formula is C20H23N7O. The average molecular weight is 377 g/mol. The molecule has 3 aromatic heterocycles. The lowest BCUT2D eigenvalue weighted by molar-refractivity contribution is -0.0810. The number of amides is 1. The summed E-state index contributed by atoms with van der Waals surface area (Å²) in [7, 11) is 0. The zero-order chi connectivity index (χ0) is 18.9. The first-order valence-electron chi connectivity index (χ1n) is 10.0. The van der Waals surface area contributed by atoms with E-state index < -0.39 is 0 Å². The summed E-state index contributed by atoms with van der Waals surface area (Å²) < 4.78 is 1.78. The number of fused-ring (bicyclic) bond motifs is 1. The zero-order valence-corrected chi connectivity index (χ0v) is 15.9. The van der Waals surface area contributed by atoms with E-state index in [1.54, 1.807) is 10.7 Å². The molecule has 8 heteroatoms. The quantitative estimate of drug-likeness (QED) is 0.755. The average Bonchev–Trinajstić information content (AvgIpc) is 3.30. The molecule has 0 radical (unpaired) electrons. The van der Waals surface area contributed by atoms with E-state index in [1.165, 1.54) is 12.7 Å². The number of hydrogen-bond acceptors (Lipinski definition) is 5. The minimum Gasteiger partial charge on any atom is -0.346 e. The number of rotatable bonds is 3. The highest BCUT2D eigenvalue weighted by Crippen LogP contribution is 2.60. The molecule has 2 atom stereocenters. The number of aromatic nitrogens is 6. The van der Waals surface area contributed by atoms with Crippen molar-refractivity contribution in [3.05, 3.63) is 42.0 Å². The van der Waals surface area contributed by atoms with E-state index >= 15 is 0 Å². The molecule has 3 aromatic rings. The molecule has 144 valence electrons. The van der Waals surface area contributed by atoms with Crippen LogP contribution in [0.25, 0.3) is 5.52 Å². The number of nitrogens with zero attached hydrogens (tertiary/aromatic N) is 6. The molecule has 3 heterocycles. The van der Waals surface area contributed by atoms with E-state index in [9.17, 15) is 4.79 Å². The molecule has 4 fully saturated rings. The van der Waals surface area contributed by atoms with Crippen molar-refractivity contribution in [3.63, 3.8) is 0 Å². The second-order valence-corrected chi connectivity index (χ2v) is 9.24. The van der Waals surface area contributed by atoms with Crippen molar-refractivity contribution < 1.29 is 4.79 Å². The van der Waals surface area contributed by atoms with Crippen molar-refractivity contribution in [2.24, 2.45) is 11.8 Å². The van der Waals surface area contributed by atoms with Crippen LogP contribution in [0, 0.1) is 18.8 Å². The molecule has 2 unspecified atom stereocenters. The lowest BCUT2D eigenvalue weighted by Crippen LogP contribution is -2.66. The van der Waals surface area contributed by atoms with Gasteiger partial charge in [-0.15, -0.1) is 10.2 Å². The summed E-state index contributed by atoms with van der Waals surface area (Å²) in [6.07, 6.45) is 11.6. The number of tetrazole rings is 1. The Kier molecular flexibility index (Phi) is 3.12. The monoisotopic (exact) mass is 377 g/mol. The van der Waals surface area contributed by atoms with E-state index in [-0.39, 0.29) is 17.0 Å². The molecule has 8 nitrogen and oxygen atoms in total. The largest absolute Gasteiger partial charge is 0.346 e. The van der Waals surface area contributed by atoms with Gasteiger partial charge in [-0.1, -0.05) is 6.07 Å². The first-order chi connectivity index (χ1) is 13.5. The fraction of sp³-hybridized carbons (Fsp3) is 0.550. The Hall–Kier alpha value is -2.77. The van der Waals surface area contributed by atoms with Crippen LogP contribution in [0.1, 0.15) is 54.4 Å². The summed E-state index contributed by atoms with van der Waals surface area (Å²) in [5.41, 5.74) is 2.31. The highest BCUT2D eigenvalue weighted by Gasteiger charge is 2.60. The first kappa shape index (κ1) is 16.2. The molecule has 0 spiro atoms. The van der Waals surface area contributed by atoms with E-state index in [1.807, 2.05) is 30.0 Å². The fourth-order valence-electron chi connectivity index (χ4n) is 6.55. The van der Waals surface area contributed by atoms with E-state index in [4.69, 9.17) is 0 Å². The van der Waals surface area contributed by atoms with E-state index in [0.717, 1.165) is 43.2 Å². The number of aryl methyl sites for hydroxylation is 1. The summed E-state index contributed by atoms with van der Waals surface area (Å²) >= 11 is 0. The van der Waals surface area contributed by atoms with Gasteiger partial charge in [0.2, 0.25) is 0 Å². The molecule has 0 aliphatic heterocycles. The van der Waals surface area contributed by atoms with Gasteiger partial charge in [0.05, 0.1) is 22.8 Å². The Morgan fingerprint density at radius 2 is 2.00 bits per heavy atom. The smallest absolute Gasteiger partial charge is 0.255 e. The Balaban J connectivity index is 1.34. The van der Waals surface area contributed by atoms with E-state index in [2.05, 4.69) is 25.8 Å². The maximum absolute atomic E-state index is 13.3. The van der Waals surface area contributed by atoms with Crippen LogP contribution in [0.3, 0.4) is 0 Å². The first-order valence-corrected chi connectivity index (χ1v) is 10.0. The van der Waals surface area contributed by atoms with Gasteiger partial charge >= 0.3 is 0 Å². The highest BCUT2D eigenvalue weighted by atomic mass is 16.1. The standard InChI is InChI=1S/C20H23N7O/c1-13-2-3-17-16(9-22-26(17)10-13)18(28)24-19-5-14-4-15(6-19)8-20(7-14,11-19)27-23-12-21-25-27/h2-3,9-10,12,14-15H,4-8,11H2,1H3,(H,24,28). The van der Waals surface area contributed by atoms with Crippen LogP contribution in [0.4, 0.5) is 0 Å². The van der Waals surface area contributed by atoms with Crippen molar-refractivity contribution >= 4 is 11.4 Å². The molecule has 4 saturated carbocycles. The lowest BCUT2D eigenvalue weighted by atomic mass is 9.50. The minimum atomic E-state index is -0.187. The van der Waals surface area contributed by atoms with Crippen LogP contribution in [0.5, 0.6) is 0 Å². The normalized spacial score (nSPS) is 33.5. The number of pyridine rings is 1. The Bertz CT molecular complexity index is 1060. The minimum absolute atomic E-state index is 0.0255. The number of carbonyl (C=O) groups is 1. The van der Waals surface area contributed by atoms with Crippen LogP contribution in [0.2, 0.25) is 0 Å². The van der Waals surface area contributed by atoms with Gasteiger partial charge < -0.3 is 5.32 Å². The van der Waals surface area contributed by atoms with Gasteiger partial charge in [-0.25, -0.2) is 4.52 Å². The van der Waals surface area contributed by atoms with Crippen LogP contribution in [0.15, 0.2) is 30.9 Å². The SMILES string of the molecule is Cc1ccc2c(C(=O)NC34CC5CC(C3)CC(n3ncnn3)(C5)C4)cnn2c1.